The maximum atomic E-state index is 2.53. The summed E-state index contributed by atoms with van der Waals surface area (Å²) in [6.45, 7) is 12.5. The van der Waals surface area contributed by atoms with Crippen LogP contribution in [0.1, 0.15) is 60.3 Å². The highest BCUT2D eigenvalue weighted by Crippen LogP contribution is 2.73. The molecule has 76 valence electrons. The van der Waals surface area contributed by atoms with Gasteiger partial charge in [0.05, 0.1) is 0 Å². The van der Waals surface area contributed by atoms with Crippen molar-refractivity contribution in [3.63, 3.8) is 0 Å². The first-order chi connectivity index (χ1) is 5.87. The molecular formula is C13H24. The van der Waals surface area contributed by atoms with Crippen molar-refractivity contribution in [2.75, 3.05) is 0 Å². The summed E-state index contributed by atoms with van der Waals surface area (Å²) in [5.74, 6) is 1.00. The Labute approximate surface area is 83.1 Å². The van der Waals surface area contributed by atoms with Crippen molar-refractivity contribution < 1.29 is 0 Å². The van der Waals surface area contributed by atoms with Gasteiger partial charge in [-0.3, -0.25) is 0 Å². The minimum absolute atomic E-state index is 0.578. The fraction of sp³-hybridized carbons (Fsp3) is 1.00. The van der Waals surface area contributed by atoms with Crippen LogP contribution in [0.15, 0.2) is 0 Å². The van der Waals surface area contributed by atoms with Crippen LogP contribution in [0.5, 0.6) is 0 Å². The highest BCUT2D eigenvalue weighted by atomic mass is 14.7. The van der Waals surface area contributed by atoms with Crippen molar-refractivity contribution in [2.45, 2.75) is 60.3 Å². The third-order valence-electron chi connectivity index (χ3n) is 6.22. The molecule has 0 amide bonds. The molecule has 0 nitrogen and oxygen atoms in total. The minimum atomic E-state index is 0.578. The first kappa shape index (κ1) is 9.55. The largest absolute Gasteiger partial charge is 0.0648 e. The molecule has 3 unspecified atom stereocenters. The molecule has 0 aromatic heterocycles. The van der Waals surface area contributed by atoms with Crippen molar-refractivity contribution in [1.29, 1.82) is 0 Å². The van der Waals surface area contributed by atoms with E-state index in [9.17, 15) is 0 Å². The fourth-order valence-corrected chi connectivity index (χ4v) is 4.47. The van der Waals surface area contributed by atoms with E-state index in [4.69, 9.17) is 0 Å². The lowest BCUT2D eigenvalue weighted by Crippen LogP contribution is -2.44. The predicted octanol–water partition coefficient (Wildman–Crippen LogP) is 4.25. The van der Waals surface area contributed by atoms with E-state index in [0.717, 1.165) is 5.92 Å². The second-order valence-corrected chi connectivity index (χ2v) is 6.41. The van der Waals surface area contributed by atoms with E-state index in [2.05, 4.69) is 34.6 Å². The summed E-state index contributed by atoms with van der Waals surface area (Å²) in [6, 6.07) is 0. The summed E-state index contributed by atoms with van der Waals surface area (Å²) in [7, 11) is 0. The summed E-state index contributed by atoms with van der Waals surface area (Å²) in [5.41, 5.74) is 1.81. The van der Waals surface area contributed by atoms with Gasteiger partial charge in [0.2, 0.25) is 0 Å². The molecule has 2 bridgehead atoms. The second-order valence-electron chi connectivity index (χ2n) is 6.41. The average Bonchev–Trinajstić information content (AvgIpc) is 2.51. The van der Waals surface area contributed by atoms with E-state index in [1.54, 1.807) is 0 Å². The Hall–Kier alpha value is 0. The molecule has 0 heteroatoms. The second kappa shape index (κ2) is 2.32. The quantitative estimate of drug-likeness (QED) is 0.566. The van der Waals surface area contributed by atoms with Crippen LogP contribution in [0.3, 0.4) is 0 Å². The van der Waals surface area contributed by atoms with Crippen LogP contribution >= 0.6 is 0 Å². The van der Waals surface area contributed by atoms with Gasteiger partial charge in [-0.05, 0) is 47.8 Å². The molecule has 2 aliphatic rings. The Balaban J connectivity index is 2.45. The van der Waals surface area contributed by atoms with E-state index >= 15 is 0 Å². The molecule has 13 heavy (non-hydrogen) atoms. The fourth-order valence-electron chi connectivity index (χ4n) is 4.47. The van der Waals surface area contributed by atoms with Crippen LogP contribution in [0, 0.1) is 22.2 Å². The molecule has 2 aliphatic carbocycles. The Kier molecular flexibility index (Phi) is 1.71. The van der Waals surface area contributed by atoms with Gasteiger partial charge in [-0.1, -0.05) is 34.6 Å². The van der Waals surface area contributed by atoms with Gasteiger partial charge in [0.1, 0.15) is 0 Å². The molecule has 0 aromatic rings. The lowest BCUT2D eigenvalue weighted by atomic mass is 9.53. The van der Waals surface area contributed by atoms with E-state index in [1.807, 2.05) is 0 Å². The van der Waals surface area contributed by atoms with Crippen LogP contribution in [-0.4, -0.2) is 0 Å². The molecule has 0 radical (unpaired) electrons. The zero-order valence-electron chi connectivity index (χ0n) is 9.91. The van der Waals surface area contributed by atoms with E-state index in [0.29, 0.717) is 16.2 Å². The molecule has 0 N–H and O–H groups in total. The molecule has 2 fully saturated rings. The number of hydrogen-bond acceptors (Lipinski definition) is 0. The normalized spacial score (nSPS) is 52.8. The zero-order chi connectivity index (χ0) is 9.91. The lowest BCUT2D eigenvalue weighted by Gasteiger charge is -2.52. The van der Waals surface area contributed by atoms with Gasteiger partial charge >= 0.3 is 0 Å². The molecule has 0 spiro atoms. The van der Waals surface area contributed by atoms with E-state index in [1.165, 1.54) is 25.7 Å². The van der Waals surface area contributed by atoms with Crippen molar-refractivity contribution in [2.24, 2.45) is 22.2 Å². The highest BCUT2D eigenvalue weighted by Gasteiger charge is 2.65. The highest BCUT2D eigenvalue weighted by molar-refractivity contribution is 5.14. The van der Waals surface area contributed by atoms with E-state index < -0.39 is 0 Å². The Morgan fingerprint density at radius 2 is 1.77 bits per heavy atom. The number of hydrogen-bond donors (Lipinski definition) is 0. The van der Waals surface area contributed by atoms with Crippen molar-refractivity contribution in [3.05, 3.63) is 0 Å². The SMILES string of the molecule is CCC1(C)C2(C)CCC(C2)C1(C)C. The molecule has 2 saturated carbocycles. The number of fused-ring (bicyclic) bond motifs is 2. The van der Waals surface area contributed by atoms with Gasteiger partial charge in [-0.2, -0.15) is 0 Å². The molecule has 0 aromatic carbocycles. The maximum Gasteiger partial charge on any atom is -0.0221 e. The molecule has 0 aliphatic heterocycles. The van der Waals surface area contributed by atoms with Gasteiger partial charge in [-0.25, -0.2) is 0 Å². The monoisotopic (exact) mass is 180 g/mol. The van der Waals surface area contributed by atoms with Crippen LogP contribution in [0.2, 0.25) is 0 Å². The summed E-state index contributed by atoms with van der Waals surface area (Å²) in [5, 5.41) is 0. The predicted molar refractivity (Wildman–Crippen MR) is 57.6 cm³/mol. The van der Waals surface area contributed by atoms with Crippen molar-refractivity contribution >= 4 is 0 Å². The summed E-state index contributed by atoms with van der Waals surface area (Å²) in [4.78, 5) is 0. The third-order valence-corrected chi connectivity index (χ3v) is 6.22. The Morgan fingerprint density at radius 1 is 1.15 bits per heavy atom. The minimum Gasteiger partial charge on any atom is -0.0648 e. The van der Waals surface area contributed by atoms with Gasteiger partial charge in [0, 0.05) is 0 Å². The Bertz CT molecular complexity index is 221. The van der Waals surface area contributed by atoms with Crippen LogP contribution in [-0.2, 0) is 0 Å². The summed E-state index contributed by atoms with van der Waals surface area (Å²) < 4.78 is 0. The summed E-state index contributed by atoms with van der Waals surface area (Å²) >= 11 is 0. The summed E-state index contributed by atoms with van der Waals surface area (Å²) in [6.07, 6.45) is 5.81. The van der Waals surface area contributed by atoms with Crippen molar-refractivity contribution in [1.82, 2.24) is 0 Å². The molecular weight excluding hydrogens is 156 g/mol. The van der Waals surface area contributed by atoms with Gasteiger partial charge in [0.25, 0.3) is 0 Å². The third kappa shape index (κ3) is 0.831. The van der Waals surface area contributed by atoms with E-state index in [-0.39, 0.29) is 0 Å². The van der Waals surface area contributed by atoms with Crippen molar-refractivity contribution in [3.8, 4) is 0 Å². The first-order valence-electron chi connectivity index (χ1n) is 5.87. The molecule has 0 saturated heterocycles. The number of rotatable bonds is 1. The molecule has 3 atom stereocenters. The lowest BCUT2D eigenvalue weighted by molar-refractivity contribution is -0.0318. The van der Waals surface area contributed by atoms with Crippen LogP contribution in [0.25, 0.3) is 0 Å². The Morgan fingerprint density at radius 3 is 2.08 bits per heavy atom. The van der Waals surface area contributed by atoms with Crippen LogP contribution < -0.4 is 0 Å². The van der Waals surface area contributed by atoms with Gasteiger partial charge in [0.15, 0.2) is 0 Å². The molecule has 0 heterocycles. The average molecular weight is 180 g/mol. The smallest absolute Gasteiger partial charge is 0.0221 e. The first-order valence-corrected chi connectivity index (χ1v) is 5.87. The van der Waals surface area contributed by atoms with Gasteiger partial charge < -0.3 is 0 Å². The maximum absolute atomic E-state index is 2.53. The van der Waals surface area contributed by atoms with Gasteiger partial charge in [-0.15, -0.1) is 0 Å². The standard InChI is InChI=1S/C13H24/c1-6-13(5)11(2,3)10-7-8-12(13,4)9-10/h10H,6-9H2,1-5H3. The van der Waals surface area contributed by atoms with Crippen LogP contribution in [0.4, 0.5) is 0 Å². The topological polar surface area (TPSA) is 0 Å². The molecule has 2 rings (SSSR count). The zero-order valence-corrected chi connectivity index (χ0v) is 9.91.